The second kappa shape index (κ2) is 3.84. The van der Waals surface area contributed by atoms with Gasteiger partial charge in [-0.05, 0) is 17.5 Å². The minimum Gasteiger partial charge on any atom is -0.384 e. The van der Waals surface area contributed by atoms with E-state index in [4.69, 9.17) is 5.73 Å². The van der Waals surface area contributed by atoms with Crippen LogP contribution in [0, 0.1) is 0 Å². The number of aliphatic hydroxyl groups is 1. The molecule has 1 atom stereocenters. The topological polar surface area (TPSA) is 80.4 Å². The summed E-state index contributed by atoms with van der Waals surface area (Å²) in [5.74, 6) is -0.121. The molecular formula is C11H15NO3S. The van der Waals surface area contributed by atoms with E-state index < -0.39 is 15.4 Å². The highest BCUT2D eigenvalue weighted by Gasteiger charge is 2.41. The van der Waals surface area contributed by atoms with E-state index in [1.54, 1.807) is 12.1 Å². The molecule has 1 aliphatic heterocycles. The molecule has 0 aromatic heterocycles. The largest absolute Gasteiger partial charge is 0.384 e. The molecule has 0 amide bonds. The van der Waals surface area contributed by atoms with Gasteiger partial charge in [0.1, 0.15) is 5.60 Å². The quantitative estimate of drug-likeness (QED) is 0.772. The highest BCUT2D eigenvalue weighted by atomic mass is 32.2. The molecule has 1 fully saturated rings. The standard InChI is InChI=1S/C11H15NO3S/c12-7-9-1-3-10(4-2-9)11(13)5-6-16(14,15)8-11/h1-4,13H,5-8,12H2. The van der Waals surface area contributed by atoms with Gasteiger partial charge in [0.2, 0.25) is 0 Å². The van der Waals surface area contributed by atoms with Crippen molar-refractivity contribution >= 4 is 9.84 Å². The zero-order valence-electron chi connectivity index (χ0n) is 8.89. The molecule has 0 spiro atoms. The van der Waals surface area contributed by atoms with E-state index in [9.17, 15) is 13.5 Å². The summed E-state index contributed by atoms with van der Waals surface area (Å²) in [5, 5.41) is 10.3. The lowest BCUT2D eigenvalue weighted by molar-refractivity contribution is 0.0653. The average Bonchev–Trinajstić information content (AvgIpc) is 2.54. The van der Waals surface area contributed by atoms with Gasteiger partial charge in [-0.3, -0.25) is 0 Å². The molecule has 5 heteroatoms. The number of hydrogen-bond donors (Lipinski definition) is 2. The Morgan fingerprint density at radius 1 is 1.31 bits per heavy atom. The van der Waals surface area contributed by atoms with Gasteiger partial charge >= 0.3 is 0 Å². The lowest BCUT2D eigenvalue weighted by Gasteiger charge is -2.21. The molecule has 0 aliphatic carbocycles. The van der Waals surface area contributed by atoms with E-state index in [1.165, 1.54) is 0 Å². The molecular weight excluding hydrogens is 226 g/mol. The smallest absolute Gasteiger partial charge is 0.153 e. The summed E-state index contributed by atoms with van der Waals surface area (Å²) in [6.45, 7) is 0.441. The third-order valence-corrected chi connectivity index (χ3v) is 4.76. The first-order valence-corrected chi connectivity index (χ1v) is 7.00. The molecule has 1 aromatic rings. The monoisotopic (exact) mass is 241 g/mol. The number of sulfone groups is 1. The van der Waals surface area contributed by atoms with Crippen molar-refractivity contribution in [3.63, 3.8) is 0 Å². The van der Waals surface area contributed by atoms with Gasteiger partial charge in [-0.2, -0.15) is 0 Å². The maximum absolute atomic E-state index is 11.4. The normalized spacial score (nSPS) is 28.1. The van der Waals surface area contributed by atoms with Crippen molar-refractivity contribution in [3.05, 3.63) is 35.4 Å². The Hall–Kier alpha value is -0.910. The molecule has 0 radical (unpaired) electrons. The highest BCUT2D eigenvalue weighted by Crippen LogP contribution is 2.33. The second-order valence-electron chi connectivity index (χ2n) is 4.27. The first-order chi connectivity index (χ1) is 7.45. The van der Waals surface area contributed by atoms with Crippen LogP contribution < -0.4 is 5.73 Å². The van der Waals surface area contributed by atoms with E-state index in [2.05, 4.69) is 0 Å². The molecule has 2 rings (SSSR count). The maximum Gasteiger partial charge on any atom is 0.153 e. The molecule has 1 aromatic carbocycles. The summed E-state index contributed by atoms with van der Waals surface area (Å²) in [4.78, 5) is 0. The lowest BCUT2D eigenvalue weighted by Crippen LogP contribution is -2.26. The van der Waals surface area contributed by atoms with Crippen molar-refractivity contribution in [2.24, 2.45) is 5.73 Å². The number of rotatable bonds is 2. The minimum atomic E-state index is -3.09. The van der Waals surface area contributed by atoms with Gasteiger partial charge in [-0.15, -0.1) is 0 Å². The van der Waals surface area contributed by atoms with Crippen LogP contribution in [0.15, 0.2) is 24.3 Å². The molecule has 0 saturated carbocycles. The zero-order chi connectivity index (χ0) is 11.8. The van der Waals surface area contributed by atoms with Gasteiger partial charge in [0.15, 0.2) is 9.84 Å². The fourth-order valence-electron chi connectivity index (χ4n) is 2.01. The Labute approximate surface area is 95.0 Å². The van der Waals surface area contributed by atoms with Crippen LogP contribution in [0.25, 0.3) is 0 Å². The number of benzene rings is 1. The van der Waals surface area contributed by atoms with Crippen LogP contribution in [-0.2, 0) is 22.0 Å². The van der Waals surface area contributed by atoms with Crippen molar-refractivity contribution in [3.8, 4) is 0 Å². The van der Waals surface area contributed by atoms with Crippen molar-refractivity contribution in [2.75, 3.05) is 11.5 Å². The molecule has 1 unspecified atom stereocenters. The zero-order valence-corrected chi connectivity index (χ0v) is 9.70. The van der Waals surface area contributed by atoms with Gasteiger partial charge in [0, 0.05) is 6.54 Å². The summed E-state index contributed by atoms with van der Waals surface area (Å²) >= 11 is 0. The van der Waals surface area contributed by atoms with Gasteiger partial charge < -0.3 is 10.8 Å². The molecule has 1 aliphatic rings. The Morgan fingerprint density at radius 3 is 2.38 bits per heavy atom. The summed E-state index contributed by atoms with van der Waals surface area (Å²) in [6, 6.07) is 7.14. The van der Waals surface area contributed by atoms with E-state index in [1.807, 2.05) is 12.1 Å². The Bertz CT molecular complexity index is 480. The van der Waals surface area contributed by atoms with E-state index in [0.29, 0.717) is 12.1 Å². The molecule has 1 heterocycles. The van der Waals surface area contributed by atoms with Gasteiger partial charge in [0.25, 0.3) is 0 Å². The van der Waals surface area contributed by atoms with Crippen LogP contribution in [0.1, 0.15) is 17.5 Å². The molecule has 16 heavy (non-hydrogen) atoms. The average molecular weight is 241 g/mol. The predicted octanol–water partition coefficient (Wildman–Crippen LogP) is 0.151. The van der Waals surface area contributed by atoms with E-state index in [-0.39, 0.29) is 17.9 Å². The summed E-state index contributed by atoms with van der Waals surface area (Å²) in [5.41, 5.74) is 5.88. The van der Waals surface area contributed by atoms with Crippen LogP contribution in [0.2, 0.25) is 0 Å². The third kappa shape index (κ3) is 2.11. The minimum absolute atomic E-state index is 0.0577. The van der Waals surface area contributed by atoms with Gasteiger partial charge in [0.05, 0.1) is 11.5 Å². The fourth-order valence-corrected chi connectivity index (χ4v) is 3.84. The predicted molar refractivity (Wildman–Crippen MR) is 61.5 cm³/mol. The SMILES string of the molecule is NCc1ccc(C2(O)CCS(=O)(=O)C2)cc1. The number of hydrogen-bond acceptors (Lipinski definition) is 4. The van der Waals surface area contributed by atoms with E-state index in [0.717, 1.165) is 5.56 Å². The van der Waals surface area contributed by atoms with Crippen LogP contribution in [0.5, 0.6) is 0 Å². The fraction of sp³-hybridized carbons (Fsp3) is 0.455. The summed E-state index contributed by atoms with van der Waals surface area (Å²) in [6.07, 6.45) is 0.275. The summed E-state index contributed by atoms with van der Waals surface area (Å²) < 4.78 is 22.7. The van der Waals surface area contributed by atoms with Crippen LogP contribution in [0.3, 0.4) is 0 Å². The van der Waals surface area contributed by atoms with Crippen molar-refractivity contribution in [1.29, 1.82) is 0 Å². The Morgan fingerprint density at radius 2 is 1.94 bits per heavy atom. The lowest BCUT2D eigenvalue weighted by atomic mass is 9.93. The molecule has 4 nitrogen and oxygen atoms in total. The van der Waals surface area contributed by atoms with Crippen LogP contribution >= 0.6 is 0 Å². The first kappa shape index (κ1) is 11.6. The van der Waals surface area contributed by atoms with E-state index >= 15 is 0 Å². The van der Waals surface area contributed by atoms with Crippen molar-refractivity contribution in [1.82, 2.24) is 0 Å². The molecule has 3 N–H and O–H groups in total. The molecule has 88 valence electrons. The van der Waals surface area contributed by atoms with Crippen molar-refractivity contribution < 1.29 is 13.5 Å². The van der Waals surface area contributed by atoms with Crippen LogP contribution in [0.4, 0.5) is 0 Å². The van der Waals surface area contributed by atoms with Gasteiger partial charge in [-0.25, -0.2) is 8.42 Å². The molecule has 0 bridgehead atoms. The Balaban J connectivity index is 2.30. The third-order valence-electron chi connectivity index (χ3n) is 3.01. The second-order valence-corrected chi connectivity index (χ2v) is 6.46. The number of nitrogens with two attached hydrogens (primary N) is 1. The summed E-state index contributed by atoms with van der Waals surface area (Å²) in [7, 11) is -3.09. The molecule has 1 saturated heterocycles. The first-order valence-electron chi connectivity index (χ1n) is 5.17. The highest BCUT2D eigenvalue weighted by molar-refractivity contribution is 7.91. The van der Waals surface area contributed by atoms with Crippen molar-refractivity contribution in [2.45, 2.75) is 18.6 Å². The Kier molecular flexibility index (Phi) is 2.77. The van der Waals surface area contributed by atoms with Crippen LogP contribution in [-0.4, -0.2) is 25.0 Å². The maximum atomic E-state index is 11.4. The van der Waals surface area contributed by atoms with Gasteiger partial charge in [-0.1, -0.05) is 24.3 Å².